The number of aryl methyl sites for hydroxylation is 1. The van der Waals surface area contributed by atoms with E-state index in [1.165, 1.54) is 12.8 Å². The molecule has 0 N–H and O–H groups in total. The van der Waals surface area contributed by atoms with E-state index in [1.807, 2.05) is 24.1 Å². The Hall–Kier alpha value is -2.15. The highest BCUT2D eigenvalue weighted by Gasteiger charge is 2.35. The molecule has 0 radical (unpaired) electrons. The van der Waals surface area contributed by atoms with Crippen molar-refractivity contribution in [3.8, 4) is 0 Å². The van der Waals surface area contributed by atoms with E-state index in [0.29, 0.717) is 6.61 Å². The summed E-state index contributed by atoms with van der Waals surface area (Å²) >= 11 is 0. The van der Waals surface area contributed by atoms with Crippen LogP contribution in [-0.2, 0) is 17.4 Å². The van der Waals surface area contributed by atoms with Crippen molar-refractivity contribution in [2.75, 3.05) is 42.6 Å². The van der Waals surface area contributed by atoms with Gasteiger partial charge in [0.25, 0.3) is 0 Å². The number of rotatable bonds is 3. The van der Waals surface area contributed by atoms with Crippen molar-refractivity contribution >= 4 is 11.6 Å². The number of hydrogen-bond acceptors (Lipinski definition) is 6. The van der Waals surface area contributed by atoms with Crippen molar-refractivity contribution in [1.82, 2.24) is 19.7 Å². The molecule has 0 aliphatic carbocycles. The SMILES string of the molecule is Cn1cc(C2(C)CN(c3cc(N4CCCC4)ncn3)CCO2)cn1. The minimum atomic E-state index is -0.370. The number of nitrogens with zero attached hydrogens (tertiary/aromatic N) is 6. The highest BCUT2D eigenvalue weighted by Crippen LogP contribution is 2.31. The second-order valence-corrected chi connectivity index (χ2v) is 6.83. The summed E-state index contributed by atoms with van der Waals surface area (Å²) in [5, 5.41) is 4.29. The first-order valence-corrected chi connectivity index (χ1v) is 8.59. The van der Waals surface area contributed by atoms with Gasteiger partial charge in [-0.05, 0) is 19.8 Å². The van der Waals surface area contributed by atoms with Gasteiger partial charge in [0.2, 0.25) is 0 Å². The molecular weight excluding hydrogens is 304 g/mol. The van der Waals surface area contributed by atoms with Gasteiger partial charge in [0, 0.05) is 44.5 Å². The quantitative estimate of drug-likeness (QED) is 0.852. The van der Waals surface area contributed by atoms with Gasteiger partial charge in [-0.2, -0.15) is 5.10 Å². The molecule has 7 heteroatoms. The fourth-order valence-electron chi connectivity index (χ4n) is 3.56. The van der Waals surface area contributed by atoms with Gasteiger partial charge < -0.3 is 14.5 Å². The molecule has 24 heavy (non-hydrogen) atoms. The summed E-state index contributed by atoms with van der Waals surface area (Å²) in [4.78, 5) is 13.6. The molecule has 0 amide bonds. The van der Waals surface area contributed by atoms with E-state index < -0.39 is 0 Å². The predicted molar refractivity (Wildman–Crippen MR) is 92.2 cm³/mol. The highest BCUT2D eigenvalue weighted by atomic mass is 16.5. The lowest BCUT2D eigenvalue weighted by atomic mass is 9.97. The maximum atomic E-state index is 6.10. The van der Waals surface area contributed by atoms with Gasteiger partial charge in [0.05, 0.1) is 19.3 Å². The monoisotopic (exact) mass is 328 g/mol. The zero-order chi connectivity index (χ0) is 16.6. The lowest BCUT2D eigenvalue weighted by Gasteiger charge is -2.40. The van der Waals surface area contributed by atoms with Gasteiger partial charge in [-0.1, -0.05) is 0 Å². The molecule has 128 valence electrons. The molecule has 2 aliphatic rings. The van der Waals surface area contributed by atoms with E-state index in [9.17, 15) is 0 Å². The third-order valence-corrected chi connectivity index (χ3v) is 4.98. The minimum absolute atomic E-state index is 0.370. The zero-order valence-electron chi connectivity index (χ0n) is 14.4. The number of anilines is 2. The summed E-state index contributed by atoms with van der Waals surface area (Å²) < 4.78 is 7.92. The molecule has 1 unspecified atom stereocenters. The molecule has 2 aliphatic heterocycles. The van der Waals surface area contributed by atoms with E-state index in [4.69, 9.17) is 4.74 Å². The van der Waals surface area contributed by atoms with Crippen molar-refractivity contribution < 1.29 is 4.74 Å². The van der Waals surface area contributed by atoms with Crippen molar-refractivity contribution in [2.45, 2.75) is 25.4 Å². The first-order valence-electron chi connectivity index (χ1n) is 8.59. The van der Waals surface area contributed by atoms with Gasteiger partial charge in [-0.3, -0.25) is 4.68 Å². The Balaban J connectivity index is 1.56. The van der Waals surface area contributed by atoms with Crippen LogP contribution in [0.5, 0.6) is 0 Å². The van der Waals surface area contributed by atoms with Crippen LogP contribution < -0.4 is 9.80 Å². The second kappa shape index (κ2) is 6.05. The Morgan fingerprint density at radius 1 is 1.08 bits per heavy atom. The maximum Gasteiger partial charge on any atom is 0.134 e. The molecule has 0 spiro atoms. The Bertz CT molecular complexity index is 711. The van der Waals surface area contributed by atoms with Gasteiger partial charge in [-0.15, -0.1) is 0 Å². The average molecular weight is 328 g/mol. The van der Waals surface area contributed by atoms with Crippen LogP contribution in [0.15, 0.2) is 24.8 Å². The first kappa shape index (κ1) is 15.4. The lowest BCUT2D eigenvalue weighted by Crippen LogP contribution is -2.48. The van der Waals surface area contributed by atoms with Crippen molar-refractivity contribution in [3.05, 3.63) is 30.4 Å². The van der Waals surface area contributed by atoms with Crippen LogP contribution in [0, 0.1) is 0 Å². The van der Waals surface area contributed by atoms with Crippen LogP contribution in [0.2, 0.25) is 0 Å². The van der Waals surface area contributed by atoms with Gasteiger partial charge >= 0.3 is 0 Å². The van der Waals surface area contributed by atoms with E-state index in [-0.39, 0.29) is 5.60 Å². The van der Waals surface area contributed by atoms with E-state index in [0.717, 1.165) is 43.4 Å². The Morgan fingerprint density at radius 2 is 1.83 bits per heavy atom. The van der Waals surface area contributed by atoms with E-state index in [1.54, 1.807) is 6.33 Å². The Kier molecular flexibility index (Phi) is 3.88. The van der Waals surface area contributed by atoms with Gasteiger partial charge in [-0.25, -0.2) is 9.97 Å². The number of ether oxygens (including phenoxy) is 1. The van der Waals surface area contributed by atoms with E-state index in [2.05, 4.69) is 37.9 Å². The summed E-state index contributed by atoms with van der Waals surface area (Å²) in [5.41, 5.74) is 0.731. The van der Waals surface area contributed by atoms with Gasteiger partial charge in [0.15, 0.2) is 0 Å². The zero-order valence-corrected chi connectivity index (χ0v) is 14.4. The summed E-state index contributed by atoms with van der Waals surface area (Å²) in [6, 6.07) is 2.11. The highest BCUT2D eigenvalue weighted by molar-refractivity contribution is 5.51. The van der Waals surface area contributed by atoms with E-state index >= 15 is 0 Å². The minimum Gasteiger partial charge on any atom is -0.367 e. The molecule has 0 bridgehead atoms. The molecule has 7 nitrogen and oxygen atoms in total. The normalized spacial score (nSPS) is 24.6. The lowest BCUT2D eigenvalue weighted by molar-refractivity contribution is -0.0468. The van der Waals surface area contributed by atoms with Gasteiger partial charge in [0.1, 0.15) is 23.6 Å². The molecule has 0 saturated carbocycles. The number of aromatic nitrogens is 4. The fraction of sp³-hybridized carbons (Fsp3) is 0.588. The fourth-order valence-corrected chi connectivity index (χ4v) is 3.56. The standard InChI is InChI=1S/C17H24N6O/c1-17(14-10-20-21(2)11-14)12-23(7-8-24-17)16-9-15(18-13-19-16)22-5-3-4-6-22/h9-11,13H,3-8,12H2,1-2H3. The third-order valence-electron chi connectivity index (χ3n) is 4.98. The largest absolute Gasteiger partial charge is 0.367 e. The number of morpholine rings is 1. The smallest absolute Gasteiger partial charge is 0.134 e. The summed E-state index contributed by atoms with van der Waals surface area (Å²) in [5.74, 6) is 2.01. The summed E-state index contributed by atoms with van der Waals surface area (Å²) in [6.45, 7) is 6.58. The van der Waals surface area contributed by atoms with Crippen LogP contribution in [0.25, 0.3) is 0 Å². The molecule has 1 atom stereocenters. The van der Waals surface area contributed by atoms with Crippen molar-refractivity contribution in [1.29, 1.82) is 0 Å². The van der Waals surface area contributed by atoms with Crippen LogP contribution in [-0.4, -0.2) is 52.5 Å². The van der Waals surface area contributed by atoms with Crippen molar-refractivity contribution in [2.24, 2.45) is 7.05 Å². The molecule has 2 aromatic rings. The maximum absolute atomic E-state index is 6.10. The topological polar surface area (TPSA) is 59.3 Å². The van der Waals surface area contributed by atoms with Crippen LogP contribution in [0.1, 0.15) is 25.3 Å². The molecule has 4 heterocycles. The Labute approximate surface area is 142 Å². The van der Waals surface area contributed by atoms with Crippen molar-refractivity contribution in [3.63, 3.8) is 0 Å². The van der Waals surface area contributed by atoms with Crippen LogP contribution >= 0.6 is 0 Å². The molecule has 4 rings (SSSR count). The second-order valence-electron chi connectivity index (χ2n) is 6.83. The molecule has 0 aromatic carbocycles. The average Bonchev–Trinajstić information content (AvgIpc) is 3.27. The van der Waals surface area contributed by atoms with Crippen LogP contribution in [0.3, 0.4) is 0 Å². The predicted octanol–water partition coefficient (Wildman–Crippen LogP) is 1.56. The Morgan fingerprint density at radius 3 is 2.54 bits per heavy atom. The molecular formula is C17H24N6O. The van der Waals surface area contributed by atoms with Crippen LogP contribution in [0.4, 0.5) is 11.6 Å². The number of hydrogen-bond donors (Lipinski definition) is 0. The molecule has 2 fully saturated rings. The molecule has 2 aromatic heterocycles. The summed E-state index contributed by atoms with van der Waals surface area (Å²) in [6.07, 6.45) is 8.09. The molecule has 2 saturated heterocycles. The first-order chi connectivity index (χ1) is 11.6. The summed E-state index contributed by atoms with van der Waals surface area (Å²) in [7, 11) is 1.93. The third kappa shape index (κ3) is 2.84.